The molecule has 2 aromatic rings. The summed E-state index contributed by atoms with van der Waals surface area (Å²) in [4.78, 5) is 15.0. The molecule has 1 heterocycles. The maximum absolute atomic E-state index is 10.8. The number of benzene rings is 1. The third-order valence-corrected chi connectivity index (χ3v) is 2.23. The van der Waals surface area contributed by atoms with Gasteiger partial charge >= 0.3 is 6.03 Å². The van der Waals surface area contributed by atoms with Crippen molar-refractivity contribution in [3.63, 3.8) is 0 Å². The molecule has 1 aromatic carbocycles. The monoisotopic (exact) mass is 240 g/mol. The minimum Gasteiger partial charge on any atom is -0.350 e. The Kier molecular flexibility index (Phi) is 3.66. The smallest absolute Gasteiger partial charge is 0.332 e. The number of hydrazone groups is 1. The molecule has 0 aliphatic carbocycles. The number of hydrogen-bond acceptors (Lipinski definition) is 3. The lowest BCUT2D eigenvalue weighted by Crippen LogP contribution is -2.26. The first-order chi connectivity index (χ1) is 8.77. The average molecular weight is 240 g/mol. The van der Waals surface area contributed by atoms with Crippen molar-refractivity contribution in [3.8, 4) is 0 Å². The van der Waals surface area contributed by atoms with E-state index in [1.807, 2.05) is 48.5 Å². The summed E-state index contributed by atoms with van der Waals surface area (Å²) in [5.41, 5.74) is 9.33. The van der Waals surface area contributed by atoms with E-state index in [-0.39, 0.29) is 0 Å². The van der Waals surface area contributed by atoms with Gasteiger partial charge in [-0.15, -0.1) is 0 Å². The topological polar surface area (TPSA) is 80.4 Å². The van der Waals surface area contributed by atoms with Crippen LogP contribution >= 0.6 is 0 Å². The molecule has 0 saturated carbocycles. The highest BCUT2D eigenvalue weighted by atomic mass is 16.2. The third kappa shape index (κ3) is 2.91. The van der Waals surface area contributed by atoms with E-state index in [2.05, 4.69) is 15.5 Å². The lowest BCUT2D eigenvalue weighted by atomic mass is 10.1. The van der Waals surface area contributed by atoms with E-state index in [1.54, 1.807) is 6.20 Å². The Balaban J connectivity index is 2.42. The molecule has 2 rings (SSSR count). The van der Waals surface area contributed by atoms with Crippen molar-refractivity contribution in [3.05, 3.63) is 66.0 Å². The summed E-state index contributed by atoms with van der Waals surface area (Å²) in [6.07, 6.45) is 1.66. The summed E-state index contributed by atoms with van der Waals surface area (Å²) in [6, 6.07) is 14.2. The van der Waals surface area contributed by atoms with Gasteiger partial charge in [-0.05, 0) is 12.1 Å². The van der Waals surface area contributed by atoms with Gasteiger partial charge in [-0.3, -0.25) is 4.98 Å². The summed E-state index contributed by atoms with van der Waals surface area (Å²) in [5.74, 6) is 0. The van der Waals surface area contributed by atoms with Gasteiger partial charge < -0.3 is 5.73 Å². The van der Waals surface area contributed by atoms with Crippen molar-refractivity contribution in [2.24, 2.45) is 10.8 Å². The Bertz CT molecular complexity index is 510. The van der Waals surface area contributed by atoms with Gasteiger partial charge in [-0.1, -0.05) is 36.4 Å². The van der Waals surface area contributed by atoms with Gasteiger partial charge in [0.15, 0.2) is 0 Å². The van der Waals surface area contributed by atoms with Crippen molar-refractivity contribution >= 4 is 11.7 Å². The number of carbonyl (C=O) groups excluding carboxylic acids is 1. The van der Waals surface area contributed by atoms with Gasteiger partial charge in [0, 0.05) is 11.8 Å². The van der Waals surface area contributed by atoms with Crippen molar-refractivity contribution in [2.45, 2.75) is 0 Å². The molecule has 0 saturated heterocycles. The molecule has 5 heteroatoms. The Hall–Kier alpha value is -2.69. The highest BCUT2D eigenvalue weighted by Gasteiger charge is 2.07. The largest absolute Gasteiger partial charge is 0.350 e. The summed E-state index contributed by atoms with van der Waals surface area (Å²) < 4.78 is 0. The second-order valence-electron chi connectivity index (χ2n) is 3.52. The first-order valence-electron chi connectivity index (χ1n) is 5.37. The van der Waals surface area contributed by atoms with Gasteiger partial charge in [0.2, 0.25) is 0 Å². The molecule has 5 nitrogen and oxygen atoms in total. The molecule has 0 spiro atoms. The Morgan fingerprint density at radius 2 is 1.83 bits per heavy atom. The molecule has 0 fully saturated rings. The molecular formula is C13H12N4O. The molecule has 0 bridgehead atoms. The molecule has 90 valence electrons. The van der Waals surface area contributed by atoms with Crippen molar-refractivity contribution in [1.82, 2.24) is 10.4 Å². The van der Waals surface area contributed by atoms with Gasteiger partial charge in [0.05, 0.1) is 5.69 Å². The number of urea groups is 1. The number of rotatable bonds is 3. The highest BCUT2D eigenvalue weighted by molar-refractivity contribution is 6.11. The fourth-order valence-electron chi connectivity index (χ4n) is 1.48. The third-order valence-electron chi connectivity index (χ3n) is 2.23. The molecule has 0 aliphatic heterocycles. The van der Waals surface area contributed by atoms with Crippen LogP contribution in [0.15, 0.2) is 59.8 Å². The van der Waals surface area contributed by atoms with Crippen molar-refractivity contribution < 1.29 is 4.79 Å². The number of nitrogens with one attached hydrogen (secondary N) is 1. The summed E-state index contributed by atoms with van der Waals surface area (Å²) in [5, 5.41) is 3.99. The number of nitrogens with zero attached hydrogens (tertiary/aromatic N) is 2. The highest BCUT2D eigenvalue weighted by Crippen LogP contribution is 2.07. The van der Waals surface area contributed by atoms with Crippen LogP contribution < -0.4 is 11.2 Å². The first-order valence-corrected chi connectivity index (χ1v) is 5.37. The van der Waals surface area contributed by atoms with Crippen LogP contribution in [0, 0.1) is 0 Å². The van der Waals surface area contributed by atoms with Gasteiger partial charge in [-0.2, -0.15) is 5.10 Å². The molecule has 0 unspecified atom stereocenters. The minimum absolute atomic E-state index is 0.565. The fourth-order valence-corrected chi connectivity index (χ4v) is 1.48. The predicted octanol–water partition coefficient (Wildman–Crippen LogP) is 1.50. The van der Waals surface area contributed by atoms with Gasteiger partial charge in [0.1, 0.15) is 5.71 Å². The van der Waals surface area contributed by atoms with Gasteiger partial charge in [0.25, 0.3) is 0 Å². The van der Waals surface area contributed by atoms with Crippen LogP contribution in [0.1, 0.15) is 11.3 Å². The summed E-state index contributed by atoms with van der Waals surface area (Å²) in [7, 11) is 0. The normalized spacial score (nSPS) is 11.0. The van der Waals surface area contributed by atoms with Crippen LogP contribution in [0.3, 0.4) is 0 Å². The molecule has 18 heavy (non-hydrogen) atoms. The molecule has 0 radical (unpaired) electrons. The molecular weight excluding hydrogens is 228 g/mol. The van der Waals surface area contributed by atoms with Crippen LogP contribution in [0.2, 0.25) is 0 Å². The van der Waals surface area contributed by atoms with Crippen LogP contribution in [0.5, 0.6) is 0 Å². The van der Waals surface area contributed by atoms with E-state index < -0.39 is 6.03 Å². The average Bonchev–Trinajstić information content (AvgIpc) is 2.41. The molecule has 1 aromatic heterocycles. The number of hydrogen-bond donors (Lipinski definition) is 2. The first kappa shape index (κ1) is 11.8. The van der Waals surface area contributed by atoms with Crippen molar-refractivity contribution in [2.75, 3.05) is 0 Å². The Labute approximate surface area is 104 Å². The molecule has 3 N–H and O–H groups in total. The molecule has 2 amide bonds. The number of amides is 2. The van der Waals surface area contributed by atoms with E-state index in [1.165, 1.54) is 0 Å². The van der Waals surface area contributed by atoms with Crippen LogP contribution in [-0.2, 0) is 0 Å². The molecule has 0 atom stereocenters. The Morgan fingerprint density at radius 1 is 1.11 bits per heavy atom. The lowest BCUT2D eigenvalue weighted by Gasteiger charge is -2.05. The SMILES string of the molecule is NC(=O)N/N=C(/c1ccccc1)c1ccccn1. The number of carbonyl (C=O) groups is 1. The predicted molar refractivity (Wildman–Crippen MR) is 69.0 cm³/mol. The van der Waals surface area contributed by atoms with E-state index >= 15 is 0 Å². The number of aromatic nitrogens is 1. The van der Waals surface area contributed by atoms with E-state index in [4.69, 9.17) is 5.73 Å². The summed E-state index contributed by atoms with van der Waals surface area (Å²) in [6.45, 7) is 0. The standard InChI is InChI=1S/C13H12N4O/c14-13(18)17-16-12(10-6-2-1-3-7-10)11-8-4-5-9-15-11/h1-9H,(H3,14,17,18)/b16-12-. The van der Waals surface area contributed by atoms with E-state index in [0.29, 0.717) is 11.4 Å². The Morgan fingerprint density at radius 3 is 2.44 bits per heavy atom. The maximum atomic E-state index is 10.8. The second-order valence-corrected chi connectivity index (χ2v) is 3.52. The van der Waals surface area contributed by atoms with E-state index in [0.717, 1.165) is 5.56 Å². The van der Waals surface area contributed by atoms with Crippen molar-refractivity contribution in [1.29, 1.82) is 0 Å². The van der Waals surface area contributed by atoms with Crippen LogP contribution in [-0.4, -0.2) is 16.7 Å². The fraction of sp³-hybridized carbons (Fsp3) is 0. The minimum atomic E-state index is -0.709. The number of nitrogens with two attached hydrogens (primary N) is 1. The quantitative estimate of drug-likeness (QED) is 0.629. The lowest BCUT2D eigenvalue weighted by molar-refractivity contribution is 0.249. The van der Waals surface area contributed by atoms with E-state index in [9.17, 15) is 4.79 Å². The zero-order chi connectivity index (χ0) is 12.8. The summed E-state index contributed by atoms with van der Waals surface area (Å²) >= 11 is 0. The maximum Gasteiger partial charge on any atom is 0.332 e. The van der Waals surface area contributed by atoms with Crippen LogP contribution in [0.25, 0.3) is 0 Å². The van der Waals surface area contributed by atoms with Gasteiger partial charge in [-0.25, -0.2) is 10.2 Å². The molecule has 0 aliphatic rings. The number of primary amides is 1. The zero-order valence-electron chi connectivity index (χ0n) is 9.58. The van der Waals surface area contributed by atoms with Crippen LogP contribution in [0.4, 0.5) is 4.79 Å². The zero-order valence-corrected chi connectivity index (χ0v) is 9.58. The second kappa shape index (κ2) is 5.58. The number of pyridine rings is 1.